The highest BCUT2D eigenvalue weighted by atomic mass is 16.5. The van der Waals surface area contributed by atoms with Gasteiger partial charge in [0, 0.05) is 30.3 Å². The zero-order valence-electron chi connectivity index (χ0n) is 17.8. The first-order chi connectivity index (χ1) is 15.2. The minimum Gasteiger partial charge on any atom is -0.493 e. The molecule has 0 unspecified atom stereocenters. The minimum absolute atomic E-state index is 0.216. The van der Waals surface area contributed by atoms with Crippen molar-refractivity contribution in [2.24, 2.45) is 0 Å². The van der Waals surface area contributed by atoms with Gasteiger partial charge < -0.3 is 19.4 Å². The van der Waals surface area contributed by atoms with Gasteiger partial charge in [-0.2, -0.15) is 0 Å². The number of amides is 1. The van der Waals surface area contributed by atoms with Gasteiger partial charge in [0.15, 0.2) is 17.3 Å². The molecule has 0 fully saturated rings. The summed E-state index contributed by atoms with van der Waals surface area (Å²) in [6, 6.07) is 13.2. The van der Waals surface area contributed by atoms with Crippen molar-refractivity contribution in [3.8, 4) is 22.9 Å². The molecule has 1 aliphatic heterocycles. The molecule has 4 rings (SSSR count). The molecule has 0 aliphatic carbocycles. The number of hydrogen-bond acceptors (Lipinski definition) is 5. The fraction of sp³-hybridized carbons (Fsp3) is 0.292. The molecular weight excluding hydrogens is 392 g/mol. The molecule has 1 N–H and O–H groups in total. The summed E-state index contributed by atoms with van der Waals surface area (Å²) in [6.45, 7) is 0.933. The predicted octanol–water partition coefficient (Wildman–Crippen LogP) is 4.34. The number of ether oxygens (including phenoxy) is 2. The fourth-order valence-corrected chi connectivity index (χ4v) is 3.75. The van der Waals surface area contributed by atoms with Crippen molar-refractivity contribution >= 4 is 17.7 Å². The minimum atomic E-state index is -0.216. The van der Waals surface area contributed by atoms with E-state index in [0.717, 1.165) is 48.6 Å². The molecule has 0 saturated heterocycles. The van der Waals surface area contributed by atoms with Crippen LogP contribution in [0.3, 0.4) is 0 Å². The van der Waals surface area contributed by atoms with Gasteiger partial charge in [-0.3, -0.25) is 4.79 Å². The number of methoxy groups -OCH3 is 2. The average molecular weight is 418 g/mol. The number of benzene rings is 2. The Bertz CT molecular complexity index is 1100. The van der Waals surface area contributed by atoms with Gasteiger partial charge in [-0.15, -0.1) is 10.2 Å². The van der Waals surface area contributed by atoms with Crippen LogP contribution in [0.2, 0.25) is 0 Å². The van der Waals surface area contributed by atoms with E-state index < -0.39 is 0 Å². The van der Waals surface area contributed by atoms with E-state index in [-0.39, 0.29) is 5.91 Å². The number of anilines is 1. The van der Waals surface area contributed by atoms with E-state index in [4.69, 9.17) is 9.47 Å². The van der Waals surface area contributed by atoms with E-state index in [9.17, 15) is 4.79 Å². The lowest BCUT2D eigenvalue weighted by Gasteiger charge is -2.09. The lowest BCUT2D eigenvalue weighted by molar-refractivity contribution is -0.111. The molecule has 0 radical (unpaired) electrons. The number of aromatic nitrogens is 3. The van der Waals surface area contributed by atoms with Crippen molar-refractivity contribution in [2.75, 3.05) is 19.5 Å². The maximum Gasteiger partial charge on any atom is 0.248 e. The maximum absolute atomic E-state index is 12.5. The molecule has 0 spiro atoms. The van der Waals surface area contributed by atoms with Crippen LogP contribution in [-0.4, -0.2) is 34.9 Å². The smallest absolute Gasteiger partial charge is 0.248 e. The first-order valence-corrected chi connectivity index (χ1v) is 10.4. The van der Waals surface area contributed by atoms with E-state index in [1.165, 1.54) is 12.5 Å². The number of nitrogens with one attached hydrogen (secondary N) is 1. The highest BCUT2D eigenvalue weighted by Gasteiger charge is 2.16. The van der Waals surface area contributed by atoms with Gasteiger partial charge in [-0.1, -0.05) is 24.6 Å². The van der Waals surface area contributed by atoms with Crippen molar-refractivity contribution < 1.29 is 14.3 Å². The first-order valence-electron chi connectivity index (χ1n) is 10.4. The number of rotatable bonds is 6. The molecular formula is C24H26N4O3. The molecule has 0 atom stereocenters. The maximum atomic E-state index is 12.5. The second-order valence-corrected chi connectivity index (χ2v) is 7.42. The summed E-state index contributed by atoms with van der Waals surface area (Å²) < 4.78 is 12.7. The largest absolute Gasteiger partial charge is 0.493 e. The molecule has 1 amide bonds. The van der Waals surface area contributed by atoms with Gasteiger partial charge in [0.05, 0.1) is 14.2 Å². The Morgan fingerprint density at radius 3 is 2.74 bits per heavy atom. The number of nitrogens with zero attached hydrogens (tertiary/aromatic N) is 3. The summed E-state index contributed by atoms with van der Waals surface area (Å²) in [4.78, 5) is 12.5. The van der Waals surface area contributed by atoms with Gasteiger partial charge in [0.25, 0.3) is 0 Å². The van der Waals surface area contributed by atoms with Crippen LogP contribution in [0.1, 0.15) is 30.7 Å². The van der Waals surface area contributed by atoms with Crippen LogP contribution < -0.4 is 14.8 Å². The van der Waals surface area contributed by atoms with E-state index in [1.807, 2.05) is 36.4 Å². The highest BCUT2D eigenvalue weighted by molar-refractivity contribution is 6.02. The van der Waals surface area contributed by atoms with Gasteiger partial charge in [0.2, 0.25) is 5.91 Å². The number of carbonyl (C=O) groups excluding carboxylic acids is 1. The van der Waals surface area contributed by atoms with Crippen molar-refractivity contribution in [3.63, 3.8) is 0 Å². The van der Waals surface area contributed by atoms with Crippen molar-refractivity contribution in [1.29, 1.82) is 0 Å². The van der Waals surface area contributed by atoms with Crippen LogP contribution in [0.15, 0.2) is 48.5 Å². The lowest BCUT2D eigenvalue weighted by Crippen LogP contribution is -2.08. The quantitative estimate of drug-likeness (QED) is 0.603. The molecule has 7 nitrogen and oxygen atoms in total. The van der Waals surface area contributed by atoms with Crippen molar-refractivity contribution in [3.05, 3.63) is 59.9 Å². The number of aryl methyl sites for hydroxylation is 1. The van der Waals surface area contributed by atoms with Gasteiger partial charge in [0.1, 0.15) is 5.82 Å². The lowest BCUT2D eigenvalue weighted by atomic mass is 10.1. The molecule has 1 aromatic heterocycles. The third-order valence-corrected chi connectivity index (χ3v) is 5.33. The molecule has 0 bridgehead atoms. The Hall–Kier alpha value is -3.61. The number of fused-ring (bicyclic) bond motifs is 1. The Morgan fingerprint density at radius 2 is 1.90 bits per heavy atom. The zero-order valence-corrected chi connectivity index (χ0v) is 17.8. The zero-order chi connectivity index (χ0) is 21.6. The molecule has 160 valence electrons. The van der Waals surface area contributed by atoms with Crippen molar-refractivity contribution in [2.45, 2.75) is 32.2 Å². The fourth-order valence-electron chi connectivity index (χ4n) is 3.75. The normalized spacial score (nSPS) is 13.5. The van der Waals surface area contributed by atoms with E-state index in [2.05, 4.69) is 20.1 Å². The third-order valence-electron chi connectivity index (χ3n) is 5.33. The van der Waals surface area contributed by atoms with Crippen molar-refractivity contribution in [1.82, 2.24) is 14.8 Å². The molecule has 3 aromatic rings. The predicted molar refractivity (Wildman–Crippen MR) is 120 cm³/mol. The van der Waals surface area contributed by atoms with Crippen LogP contribution in [0, 0.1) is 0 Å². The van der Waals surface area contributed by atoms with Gasteiger partial charge in [-0.25, -0.2) is 0 Å². The Morgan fingerprint density at radius 1 is 1.03 bits per heavy atom. The summed E-state index contributed by atoms with van der Waals surface area (Å²) in [5.41, 5.74) is 2.50. The molecule has 7 heteroatoms. The van der Waals surface area contributed by atoms with E-state index in [1.54, 1.807) is 26.4 Å². The van der Waals surface area contributed by atoms with Crippen LogP contribution in [-0.2, 0) is 17.8 Å². The second-order valence-electron chi connectivity index (χ2n) is 7.42. The standard InChI is InChI=1S/C24H26N4O3/c1-30-20-12-10-17(15-21(20)31-2)11-13-23(29)25-19-8-6-7-18(16-19)24-27-26-22-9-4-3-5-14-28(22)24/h6-8,10-13,15-16H,3-5,9,14H2,1-2H3,(H,25,29)/b13-11+. The van der Waals surface area contributed by atoms with Crippen LogP contribution in [0.25, 0.3) is 17.5 Å². The highest BCUT2D eigenvalue weighted by Crippen LogP contribution is 2.28. The Labute approximate surface area is 181 Å². The summed E-state index contributed by atoms with van der Waals surface area (Å²) in [7, 11) is 3.17. The Balaban J connectivity index is 1.48. The summed E-state index contributed by atoms with van der Waals surface area (Å²) in [5.74, 6) is 2.94. The second kappa shape index (κ2) is 9.47. The van der Waals surface area contributed by atoms with Crippen LogP contribution in [0.5, 0.6) is 11.5 Å². The Kier molecular flexibility index (Phi) is 6.31. The topological polar surface area (TPSA) is 78.3 Å². The third kappa shape index (κ3) is 4.77. The summed E-state index contributed by atoms with van der Waals surface area (Å²) >= 11 is 0. The first kappa shape index (κ1) is 20.7. The molecule has 2 aromatic carbocycles. The van der Waals surface area contributed by atoms with Gasteiger partial charge >= 0.3 is 0 Å². The van der Waals surface area contributed by atoms with Crippen LogP contribution in [0.4, 0.5) is 5.69 Å². The molecule has 31 heavy (non-hydrogen) atoms. The summed E-state index contributed by atoms with van der Waals surface area (Å²) in [6.07, 6.45) is 7.70. The molecule has 0 saturated carbocycles. The monoisotopic (exact) mass is 418 g/mol. The molecule has 2 heterocycles. The number of carbonyl (C=O) groups is 1. The SMILES string of the molecule is COc1ccc(/C=C/C(=O)Nc2cccc(-c3nnc4n3CCCCC4)c2)cc1OC. The van der Waals surface area contributed by atoms with E-state index in [0.29, 0.717) is 17.2 Å². The summed E-state index contributed by atoms with van der Waals surface area (Å²) in [5, 5.41) is 11.7. The van der Waals surface area contributed by atoms with E-state index >= 15 is 0 Å². The van der Waals surface area contributed by atoms with Crippen LogP contribution >= 0.6 is 0 Å². The average Bonchev–Trinajstić information content (AvgIpc) is 3.05. The number of hydrogen-bond donors (Lipinski definition) is 1. The van der Waals surface area contributed by atoms with Gasteiger partial charge in [-0.05, 0) is 48.7 Å². The molecule has 1 aliphatic rings.